The molecule has 0 bridgehead atoms. The van der Waals surface area contributed by atoms with Crippen molar-refractivity contribution in [3.05, 3.63) is 48.2 Å². The van der Waals surface area contributed by atoms with Gasteiger partial charge in [0, 0.05) is 5.39 Å². The Morgan fingerprint density at radius 3 is 3.00 bits per heavy atom. The van der Waals surface area contributed by atoms with E-state index in [0.29, 0.717) is 12.0 Å². The van der Waals surface area contributed by atoms with Gasteiger partial charge in [-0.15, -0.1) is 0 Å². The van der Waals surface area contributed by atoms with Gasteiger partial charge in [-0.2, -0.15) is 0 Å². The van der Waals surface area contributed by atoms with Crippen molar-refractivity contribution in [2.24, 2.45) is 0 Å². The average molecular weight is 271 g/mol. The van der Waals surface area contributed by atoms with Crippen molar-refractivity contribution >= 4 is 16.9 Å². The van der Waals surface area contributed by atoms with Gasteiger partial charge in [-0.3, -0.25) is 4.79 Å². The van der Waals surface area contributed by atoms with Crippen molar-refractivity contribution in [3.8, 4) is 0 Å². The van der Waals surface area contributed by atoms with Gasteiger partial charge in [-0.1, -0.05) is 30.4 Å². The molecule has 1 aromatic heterocycles. The van der Waals surface area contributed by atoms with Crippen molar-refractivity contribution in [1.29, 1.82) is 0 Å². The van der Waals surface area contributed by atoms with Gasteiger partial charge in [-0.05, 0) is 31.4 Å². The number of allylic oxidation sites excluding steroid dienone is 1. The van der Waals surface area contributed by atoms with E-state index in [4.69, 9.17) is 4.42 Å². The Bertz CT molecular complexity index is 626. The topological polar surface area (TPSA) is 62.5 Å². The van der Waals surface area contributed by atoms with Crippen LogP contribution in [0.15, 0.2) is 46.9 Å². The maximum Gasteiger partial charge on any atom is 0.287 e. The van der Waals surface area contributed by atoms with Gasteiger partial charge in [-0.25, -0.2) is 0 Å². The molecule has 104 valence electrons. The highest BCUT2D eigenvalue weighted by Crippen LogP contribution is 2.22. The number of hydrogen-bond donors (Lipinski definition) is 2. The lowest BCUT2D eigenvalue weighted by Crippen LogP contribution is -2.42. The molecule has 3 rings (SSSR count). The SMILES string of the molecule is O=C(NCC1(O)C=CCCC1)c1cc2ccccc2o1. The van der Waals surface area contributed by atoms with Gasteiger partial charge in [0.2, 0.25) is 0 Å². The van der Waals surface area contributed by atoms with Crippen LogP contribution in [0, 0.1) is 0 Å². The van der Waals surface area contributed by atoms with Crippen LogP contribution in [0.3, 0.4) is 0 Å². The highest BCUT2D eigenvalue weighted by Gasteiger charge is 2.26. The van der Waals surface area contributed by atoms with Crippen LogP contribution in [0.25, 0.3) is 11.0 Å². The first-order valence-electron chi connectivity index (χ1n) is 6.83. The Balaban J connectivity index is 1.70. The number of benzene rings is 1. The summed E-state index contributed by atoms with van der Waals surface area (Å²) >= 11 is 0. The molecule has 0 saturated carbocycles. The summed E-state index contributed by atoms with van der Waals surface area (Å²) in [5.74, 6) is -0.0248. The molecule has 1 aromatic carbocycles. The summed E-state index contributed by atoms with van der Waals surface area (Å²) in [7, 11) is 0. The summed E-state index contributed by atoms with van der Waals surface area (Å²) in [4.78, 5) is 12.1. The zero-order valence-corrected chi connectivity index (χ0v) is 11.1. The van der Waals surface area contributed by atoms with Crippen LogP contribution < -0.4 is 5.32 Å². The molecular weight excluding hydrogens is 254 g/mol. The molecule has 0 radical (unpaired) electrons. The minimum Gasteiger partial charge on any atom is -0.451 e. The van der Waals surface area contributed by atoms with E-state index in [9.17, 15) is 9.90 Å². The van der Waals surface area contributed by atoms with Gasteiger partial charge >= 0.3 is 0 Å². The molecule has 1 aliphatic rings. The number of amides is 1. The minimum atomic E-state index is -0.931. The molecule has 4 nitrogen and oxygen atoms in total. The van der Waals surface area contributed by atoms with Crippen LogP contribution in [0.4, 0.5) is 0 Å². The van der Waals surface area contributed by atoms with Crippen molar-refractivity contribution in [2.75, 3.05) is 6.54 Å². The van der Waals surface area contributed by atoms with Crippen molar-refractivity contribution in [3.63, 3.8) is 0 Å². The van der Waals surface area contributed by atoms with Crippen LogP contribution in [0.1, 0.15) is 29.8 Å². The van der Waals surface area contributed by atoms with E-state index < -0.39 is 5.60 Å². The maximum absolute atomic E-state index is 12.1. The number of nitrogens with one attached hydrogen (secondary N) is 1. The molecule has 2 aromatic rings. The van der Waals surface area contributed by atoms with Crippen LogP contribution in [0.5, 0.6) is 0 Å². The Kier molecular flexibility index (Phi) is 3.32. The predicted molar refractivity (Wildman–Crippen MR) is 76.5 cm³/mol. The molecule has 0 spiro atoms. The summed E-state index contributed by atoms with van der Waals surface area (Å²) in [6.07, 6.45) is 6.32. The number of fused-ring (bicyclic) bond motifs is 1. The third kappa shape index (κ3) is 2.60. The van der Waals surface area contributed by atoms with E-state index >= 15 is 0 Å². The molecule has 0 aliphatic heterocycles. The molecule has 20 heavy (non-hydrogen) atoms. The molecule has 1 amide bonds. The van der Waals surface area contributed by atoms with E-state index in [1.807, 2.05) is 30.3 Å². The first-order chi connectivity index (χ1) is 9.66. The lowest BCUT2D eigenvalue weighted by Gasteiger charge is -2.27. The highest BCUT2D eigenvalue weighted by atomic mass is 16.3. The highest BCUT2D eigenvalue weighted by molar-refractivity contribution is 5.96. The third-order valence-electron chi connectivity index (χ3n) is 3.61. The number of furan rings is 1. The fourth-order valence-electron chi connectivity index (χ4n) is 2.47. The third-order valence-corrected chi connectivity index (χ3v) is 3.61. The molecule has 1 atom stereocenters. The van der Waals surface area contributed by atoms with E-state index in [1.54, 1.807) is 12.1 Å². The molecular formula is C16H17NO3. The summed E-state index contributed by atoms with van der Waals surface area (Å²) in [6.45, 7) is 0.208. The van der Waals surface area contributed by atoms with Gasteiger partial charge in [0.25, 0.3) is 5.91 Å². The Morgan fingerprint density at radius 1 is 1.40 bits per heavy atom. The monoisotopic (exact) mass is 271 g/mol. The van der Waals surface area contributed by atoms with Crippen molar-refractivity contribution in [1.82, 2.24) is 5.32 Å². The van der Waals surface area contributed by atoms with Gasteiger partial charge in [0.15, 0.2) is 5.76 Å². The number of aliphatic hydroxyl groups is 1. The van der Waals surface area contributed by atoms with Crippen molar-refractivity contribution in [2.45, 2.75) is 24.9 Å². The van der Waals surface area contributed by atoms with Gasteiger partial charge in [0.05, 0.1) is 12.1 Å². The van der Waals surface area contributed by atoms with E-state index in [-0.39, 0.29) is 18.2 Å². The summed E-state index contributed by atoms with van der Waals surface area (Å²) in [5.41, 5.74) is -0.242. The smallest absolute Gasteiger partial charge is 0.287 e. The fraction of sp³-hybridized carbons (Fsp3) is 0.312. The van der Waals surface area contributed by atoms with Gasteiger partial charge < -0.3 is 14.8 Å². The number of carbonyl (C=O) groups excluding carboxylic acids is 1. The van der Waals surface area contributed by atoms with E-state index in [0.717, 1.165) is 18.2 Å². The molecule has 0 saturated heterocycles. The molecule has 4 heteroatoms. The standard InChI is InChI=1S/C16H17NO3/c18-15(17-11-16(19)8-4-1-5-9-16)14-10-12-6-2-3-7-13(12)20-14/h2-4,6-8,10,19H,1,5,9,11H2,(H,17,18). The zero-order valence-electron chi connectivity index (χ0n) is 11.1. The second-order valence-corrected chi connectivity index (χ2v) is 5.23. The number of para-hydroxylation sites is 1. The predicted octanol–water partition coefficient (Wildman–Crippen LogP) is 2.63. The second kappa shape index (κ2) is 5.13. The molecule has 2 N–H and O–H groups in total. The van der Waals surface area contributed by atoms with Gasteiger partial charge in [0.1, 0.15) is 5.58 Å². The van der Waals surface area contributed by atoms with E-state index in [2.05, 4.69) is 5.32 Å². The Morgan fingerprint density at radius 2 is 2.25 bits per heavy atom. The van der Waals surface area contributed by atoms with Crippen LogP contribution >= 0.6 is 0 Å². The van der Waals surface area contributed by atoms with E-state index in [1.165, 1.54) is 0 Å². The number of hydrogen-bond acceptors (Lipinski definition) is 3. The largest absolute Gasteiger partial charge is 0.451 e. The number of rotatable bonds is 3. The normalized spacial score (nSPS) is 22.1. The van der Waals surface area contributed by atoms with Crippen LogP contribution in [-0.4, -0.2) is 23.2 Å². The molecule has 1 aliphatic carbocycles. The lowest BCUT2D eigenvalue weighted by molar-refractivity contribution is 0.0649. The minimum absolute atomic E-state index is 0.208. The van der Waals surface area contributed by atoms with Crippen molar-refractivity contribution < 1.29 is 14.3 Å². The Hall–Kier alpha value is -2.07. The zero-order chi connectivity index (χ0) is 14.0. The summed E-state index contributed by atoms with van der Waals surface area (Å²) in [5, 5.41) is 13.9. The van der Waals surface area contributed by atoms with Crippen LogP contribution in [0.2, 0.25) is 0 Å². The average Bonchev–Trinajstić information content (AvgIpc) is 2.89. The fourth-order valence-corrected chi connectivity index (χ4v) is 2.47. The lowest BCUT2D eigenvalue weighted by atomic mass is 9.91. The first kappa shape index (κ1) is 12.9. The first-order valence-corrected chi connectivity index (χ1v) is 6.83. The summed E-state index contributed by atoms with van der Waals surface area (Å²) < 4.78 is 5.49. The molecule has 1 heterocycles. The van der Waals surface area contributed by atoms with Crippen LogP contribution in [-0.2, 0) is 0 Å². The number of carbonyl (C=O) groups is 1. The second-order valence-electron chi connectivity index (χ2n) is 5.23. The Labute approximate surface area is 117 Å². The molecule has 0 fully saturated rings. The molecule has 1 unspecified atom stereocenters. The quantitative estimate of drug-likeness (QED) is 0.844. The maximum atomic E-state index is 12.1. The summed E-state index contributed by atoms with van der Waals surface area (Å²) in [6, 6.07) is 9.19.